The summed E-state index contributed by atoms with van der Waals surface area (Å²) in [6.07, 6.45) is 1.76. The van der Waals surface area contributed by atoms with Gasteiger partial charge in [0.15, 0.2) is 0 Å². The first-order valence-electron chi connectivity index (χ1n) is 5.93. The van der Waals surface area contributed by atoms with Gasteiger partial charge in [-0.15, -0.1) is 0 Å². The Hall–Kier alpha value is -1.79. The molecule has 2 aromatic rings. The van der Waals surface area contributed by atoms with E-state index in [0.29, 0.717) is 16.4 Å². The molecule has 1 amide bonds. The lowest BCUT2D eigenvalue weighted by molar-refractivity contribution is 0.0602. The smallest absolute Gasteiger partial charge is 0.339 e. The predicted molar refractivity (Wildman–Crippen MR) is 83.9 cm³/mol. The van der Waals surface area contributed by atoms with E-state index in [-0.39, 0.29) is 11.5 Å². The van der Waals surface area contributed by atoms with Crippen molar-refractivity contribution in [2.75, 3.05) is 12.4 Å². The van der Waals surface area contributed by atoms with Crippen LogP contribution >= 0.6 is 27.5 Å². The Labute approximate surface area is 135 Å². The van der Waals surface area contributed by atoms with Gasteiger partial charge in [-0.05, 0) is 40.2 Å². The lowest BCUT2D eigenvalue weighted by Crippen LogP contribution is -2.17. The molecule has 1 N–H and O–H groups in total. The first-order valence-corrected chi connectivity index (χ1v) is 7.10. The third-order valence-corrected chi connectivity index (χ3v) is 3.51. The van der Waals surface area contributed by atoms with Crippen LogP contribution in [0.25, 0.3) is 0 Å². The van der Waals surface area contributed by atoms with Crippen molar-refractivity contribution in [2.45, 2.75) is 0 Å². The van der Waals surface area contributed by atoms with E-state index < -0.39 is 5.97 Å². The van der Waals surface area contributed by atoms with E-state index in [4.69, 9.17) is 11.6 Å². The van der Waals surface area contributed by atoms with Crippen molar-refractivity contribution in [2.24, 2.45) is 7.05 Å². The molecule has 0 aliphatic carbocycles. The van der Waals surface area contributed by atoms with Crippen molar-refractivity contribution in [3.63, 3.8) is 0 Å². The highest BCUT2D eigenvalue weighted by molar-refractivity contribution is 9.10. The molecular formula is C14H12BrClN2O3. The van der Waals surface area contributed by atoms with E-state index in [1.54, 1.807) is 29.9 Å². The van der Waals surface area contributed by atoms with E-state index in [1.807, 2.05) is 0 Å². The second-order valence-corrected chi connectivity index (χ2v) is 5.64. The first-order chi connectivity index (χ1) is 9.92. The third kappa shape index (κ3) is 3.46. The molecule has 2 rings (SSSR count). The highest BCUT2D eigenvalue weighted by Gasteiger charge is 2.17. The zero-order valence-electron chi connectivity index (χ0n) is 11.3. The molecule has 0 saturated heterocycles. The molecule has 5 nitrogen and oxygen atoms in total. The fourth-order valence-electron chi connectivity index (χ4n) is 1.84. The number of benzene rings is 1. The predicted octanol–water partition coefficient (Wildman–Crippen LogP) is 3.48. The van der Waals surface area contributed by atoms with Gasteiger partial charge in [-0.2, -0.15) is 0 Å². The SMILES string of the molecule is COC(=O)c1ccc(Cl)cc1NC(=O)c1cc(Br)cn1C. The number of amides is 1. The molecule has 110 valence electrons. The maximum atomic E-state index is 12.3. The van der Waals surface area contributed by atoms with Gasteiger partial charge in [0.2, 0.25) is 0 Å². The van der Waals surface area contributed by atoms with Crippen molar-refractivity contribution in [3.8, 4) is 0 Å². The largest absolute Gasteiger partial charge is 0.465 e. The van der Waals surface area contributed by atoms with Gasteiger partial charge in [-0.1, -0.05) is 11.6 Å². The molecule has 0 saturated carbocycles. The standard InChI is InChI=1S/C14H12BrClN2O3/c1-18-7-8(15)5-12(18)13(19)17-11-6-9(16)3-4-10(11)14(20)21-2/h3-7H,1-2H3,(H,17,19). The number of anilines is 1. The van der Waals surface area contributed by atoms with Crippen LogP contribution in [0.5, 0.6) is 0 Å². The summed E-state index contributed by atoms with van der Waals surface area (Å²) in [4.78, 5) is 24.0. The molecule has 0 aliphatic rings. The minimum atomic E-state index is -0.546. The number of ether oxygens (including phenoxy) is 1. The summed E-state index contributed by atoms with van der Waals surface area (Å²) in [5.41, 5.74) is 0.984. The van der Waals surface area contributed by atoms with E-state index >= 15 is 0 Å². The fourth-order valence-corrected chi connectivity index (χ4v) is 2.54. The number of aryl methyl sites for hydroxylation is 1. The highest BCUT2D eigenvalue weighted by Crippen LogP contribution is 2.23. The summed E-state index contributed by atoms with van der Waals surface area (Å²) in [5.74, 6) is -0.898. The van der Waals surface area contributed by atoms with E-state index in [2.05, 4.69) is 26.0 Å². The average molecular weight is 372 g/mol. The number of methoxy groups -OCH3 is 1. The first kappa shape index (κ1) is 15.6. The second-order valence-electron chi connectivity index (χ2n) is 4.29. The monoisotopic (exact) mass is 370 g/mol. The molecule has 0 unspecified atom stereocenters. The number of nitrogens with zero attached hydrogens (tertiary/aromatic N) is 1. The fraction of sp³-hybridized carbons (Fsp3) is 0.143. The van der Waals surface area contributed by atoms with Crippen LogP contribution in [0.4, 0.5) is 5.69 Å². The average Bonchev–Trinajstić information content (AvgIpc) is 2.77. The molecular weight excluding hydrogens is 360 g/mol. The van der Waals surface area contributed by atoms with Crippen LogP contribution in [-0.2, 0) is 11.8 Å². The van der Waals surface area contributed by atoms with Gasteiger partial charge < -0.3 is 14.6 Å². The highest BCUT2D eigenvalue weighted by atomic mass is 79.9. The Balaban J connectivity index is 2.34. The number of carbonyl (C=O) groups excluding carboxylic acids is 2. The van der Waals surface area contributed by atoms with Crippen LogP contribution in [-0.4, -0.2) is 23.6 Å². The number of esters is 1. The van der Waals surface area contributed by atoms with Gasteiger partial charge >= 0.3 is 5.97 Å². The van der Waals surface area contributed by atoms with Crippen LogP contribution < -0.4 is 5.32 Å². The number of hydrogen-bond acceptors (Lipinski definition) is 3. The van der Waals surface area contributed by atoms with Gasteiger partial charge in [-0.3, -0.25) is 4.79 Å². The lowest BCUT2D eigenvalue weighted by Gasteiger charge is -2.10. The molecule has 0 atom stereocenters. The second kappa shape index (κ2) is 6.32. The van der Waals surface area contributed by atoms with E-state index in [1.165, 1.54) is 19.2 Å². The van der Waals surface area contributed by atoms with Crippen molar-refractivity contribution in [3.05, 3.63) is 51.2 Å². The van der Waals surface area contributed by atoms with Crippen LogP contribution in [0.15, 0.2) is 34.9 Å². The van der Waals surface area contributed by atoms with Crippen molar-refractivity contribution in [1.29, 1.82) is 0 Å². The normalized spacial score (nSPS) is 10.3. The van der Waals surface area contributed by atoms with E-state index in [0.717, 1.165) is 4.47 Å². The summed E-state index contributed by atoms with van der Waals surface area (Å²) in [7, 11) is 3.02. The molecule has 21 heavy (non-hydrogen) atoms. The lowest BCUT2D eigenvalue weighted by atomic mass is 10.1. The van der Waals surface area contributed by atoms with Gasteiger partial charge in [0.05, 0.1) is 18.4 Å². The summed E-state index contributed by atoms with van der Waals surface area (Å²) in [6, 6.07) is 6.24. The molecule has 0 spiro atoms. The molecule has 0 bridgehead atoms. The van der Waals surface area contributed by atoms with Crippen molar-refractivity contribution in [1.82, 2.24) is 4.57 Å². The van der Waals surface area contributed by atoms with E-state index in [9.17, 15) is 9.59 Å². The quantitative estimate of drug-likeness (QED) is 0.840. The summed E-state index contributed by atoms with van der Waals surface area (Å²) in [6.45, 7) is 0. The van der Waals surface area contributed by atoms with Crippen LogP contribution in [0, 0.1) is 0 Å². The zero-order valence-corrected chi connectivity index (χ0v) is 13.7. The minimum absolute atomic E-state index is 0.239. The Morgan fingerprint density at radius 1 is 1.33 bits per heavy atom. The molecule has 1 aromatic heterocycles. The van der Waals surface area contributed by atoms with Crippen LogP contribution in [0.2, 0.25) is 5.02 Å². The molecule has 7 heteroatoms. The molecule has 1 heterocycles. The summed E-state index contributed by atoms with van der Waals surface area (Å²) < 4.78 is 7.14. The van der Waals surface area contributed by atoms with Gasteiger partial charge in [0.1, 0.15) is 5.69 Å². The Bertz CT molecular complexity index is 712. The van der Waals surface area contributed by atoms with Gasteiger partial charge in [0.25, 0.3) is 5.91 Å². The number of rotatable bonds is 3. The van der Waals surface area contributed by atoms with Crippen LogP contribution in [0.1, 0.15) is 20.8 Å². The Morgan fingerprint density at radius 3 is 2.62 bits per heavy atom. The zero-order chi connectivity index (χ0) is 15.6. The molecule has 0 radical (unpaired) electrons. The van der Waals surface area contributed by atoms with Crippen molar-refractivity contribution >= 4 is 45.1 Å². The van der Waals surface area contributed by atoms with Crippen LogP contribution in [0.3, 0.4) is 0 Å². The summed E-state index contributed by atoms with van der Waals surface area (Å²) in [5, 5.41) is 3.08. The van der Waals surface area contributed by atoms with Gasteiger partial charge in [0, 0.05) is 22.7 Å². The number of carbonyl (C=O) groups is 2. The Kier molecular flexibility index (Phi) is 4.69. The molecule has 0 aliphatic heterocycles. The molecule has 0 fully saturated rings. The topological polar surface area (TPSA) is 60.3 Å². The van der Waals surface area contributed by atoms with Gasteiger partial charge in [-0.25, -0.2) is 4.79 Å². The third-order valence-electron chi connectivity index (χ3n) is 2.84. The summed E-state index contributed by atoms with van der Waals surface area (Å²) >= 11 is 9.21. The van der Waals surface area contributed by atoms with Crippen molar-refractivity contribution < 1.29 is 14.3 Å². The Morgan fingerprint density at radius 2 is 2.05 bits per heavy atom. The maximum absolute atomic E-state index is 12.3. The number of nitrogens with one attached hydrogen (secondary N) is 1. The number of hydrogen-bond donors (Lipinski definition) is 1. The molecule has 1 aromatic carbocycles. The minimum Gasteiger partial charge on any atom is -0.465 e. The number of halogens is 2. The number of aromatic nitrogens is 1. The maximum Gasteiger partial charge on any atom is 0.339 e.